The van der Waals surface area contributed by atoms with E-state index in [-0.39, 0.29) is 5.91 Å². The molecule has 4 nitrogen and oxygen atoms in total. The van der Waals surface area contributed by atoms with Crippen molar-refractivity contribution in [3.05, 3.63) is 70.2 Å². The first kappa shape index (κ1) is 17.8. The number of carbonyl (C=O) groups is 1. The second-order valence-electron chi connectivity index (χ2n) is 6.26. The highest BCUT2D eigenvalue weighted by molar-refractivity contribution is 7.99. The number of aromatic nitrogens is 1. The average Bonchev–Trinajstić information content (AvgIpc) is 3.11. The number of thiazole rings is 1. The van der Waals surface area contributed by atoms with Gasteiger partial charge in [0.05, 0.1) is 16.8 Å². The van der Waals surface area contributed by atoms with E-state index in [0.29, 0.717) is 16.3 Å². The van der Waals surface area contributed by atoms with E-state index < -0.39 is 0 Å². The van der Waals surface area contributed by atoms with Crippen molar-refractivity contribution in [1.82, 2.24) is 4.98 Å². The number of benzene rings is 2. The average molecular weight is 392 g/mol. The van der Waals surface area contributed by atoms with Crippen LogP contribution >= 0.6 is 23.1 Å². The normalized spacial score (nSPS) is 12.9. The SMILES string of the molecule is N#Cc1ccccc1Sc1ccccc1C(=O)Nc1nc2c(s1)CCCC2. The molecule has 0 atom stereocenters. The molecule has 1 N–H and O–H groups in total. The Bertz CT molecular complexity index is 1010. The molecule has 0 aliphatic heterocycles. The Hall–Kier alpha value is -2.62. The second-order valence-corrected chi connectivity index (χ2v) is 8.42. The summed E-state index contributed by atoms with van der Waals surface area (Å²) in [5, 5.41) is 12.9. The lowest BCUT2D eigenvalue weighted by Crippen LogP contribution is -2.12. The van der Waals surface area contributed by atoms with E-state index in [2.05, 4.69) is 16.4 Å². The predicted octanol–water partition coefficient (Wildman–Crippen LogP) is 5.30. The first-order valence-corrected chi connectivity index (χ1v) is 10.4. The Kier molecular flexibility index (Phi) is 5.23. The first-order chi connectivity index (χ1) is 13.2. The van der Waals surface area contributed by atoms with Gasteiger partial charge in [0.25, 0.3) is 5.91 Å². The minimum Gasteiger partial charge on any atom is -0.298 e. The van der Waals surface area contributed by atoms with Crippen LogP contribution in [0, 0.1) is 11.3 Å². The smallest absolute Gasteiger partial charge is 0.258 e. The molecule has 1 amide bonds. The number of nitrogens with one attached hydrogen (secondary N) is 1. The first-order valence-electron chi connectivity index (χ1n) is 8.80. The van der Waals surface area contributed by atoms with E-state index >= 15 is 0 Å². The zero-order valence-corrected chi connectivity index (χ0v) is 16.2. The van der Waals surface area contributed by atoms with Crippen molar-refractivity contribution in [2.45, 2.75) is 35.5 Å². The summed E-state index contributed by atoms with van der Waals surface area (Å²) in [6, 6.07) is 17.1. The van der Waals surface area contributed by atoms with Gasteiger partial charge < -0.3 is 0 Å². The zero-order valence-electron chi connectivity index (χ0n) is 14.6. The number of nitrogens with zero attached hydrogens (tertiary/aromatic N) is 2. The molecular weight excluding hydrogens is 374 g/mol. The predicted molar refractivity (Wildman–Crippen MR) is 108 cm³/mol. The lowest BCUT2D eigenvalue weighted by atomic mass is 10.0. The maximum Gasteiger partial charge on any atom is 0.258 e. The molecule has 1 aliphatic carbocycles. The number of aryl methyl sites for hydroxylation is 2. The van der Waals surface area contributed by atoms with Crippen molar-refractivity contribution in [3.8, 4) is 6.07 Å². The number of nitriles is 1. The molecule has 3 aromatic rings. The van der Waals surface area contributed by atoms with Gasteiger partial charge in [0.15, 0.2) is 5.13 Å². The van der Waals surface area contributed by atoms with Gasteiger partial charge in [0.1, 0.15) is 6.07 Å². The molecule has 6 heteroatoms. The molecule has 0 spiro atoms. The number of amides is 1. The van der Waals surface area contributed by atoms with Crippen molar-refractivity contribution in [3.63, 3.8) is 0 Å². The summed E-state index contributed by atoms with van der Waals surface area (Å²) in [5.41, 5.74) is 2.32. The molecule has 0 saturated heterocycles. The Morgan fingerprint density at radius 1 is 1.07 bits per heavy atom. The van der Waals surface area contributed by atoms with Gasteiger partial charge in [0.2, 0.25) is 0 Å². The summed E-state index contributed by atoms with van der Waals surface area (Å²) < 4.78 is 0. The van der Waals surface area contributed by atoms with Gasteiger partial charge in [0, 0.05) is 14.7 Å². The van der Waals surface area contributed by atoms with Crippen LogP contribution in [-0.2, 0) is 12.8 Å². The van der Waals surface area contributed by atoms with E-state index in [1.165, 1.54) is 29.5 Å². The molecule has 1 aliphatic rings. The molecule has 1 aromatic heterocycles. The molecule has 0 unspecified atom stereocenters. The van der Waals surface area contributed by atoms with Crippen LogP contribution in [0.15, 0.2) is 58.3 Å². The van der Waals surface area contributed by atoms with Crippen LogP contribution < -0.4 is 5.32 Å². The van der Waals surface area contributed by atoms with Crippen LogP contribution in [0.25, 0.3) is 0 Å². The largest absolute Gasteiger partial charge is 0.298 e. The lowest BCUT2D eigenvalue weighted by Gasteiger charge is -2.09. The highest BCUT2D eigenvalue weighted by Gasteiger charge is 2.18. The topological polar surface area (TPSA) is 65.8 Å². The third-order valence-corrected chi connectivity index (χ3v) is 6.65. The molecule has 0 bridgehead atoms. The quantitative estimate of drug-likeness (QED) is 0.656. The van der Waals surface area contributed by atoms with E-state index in [0.717, 1.165) is 28.3 Å². The molecule has 0 saturated carbocycles. The molecule has 4 rings (SSSR count). The van der Waals surface area contributed by atoms with Crippen molar-refractivity contribution >= 4 is 34.1 Å². The summed E-state index contributed by atoms with van der Waals surface area (Å²) in [6.07, 6.45) is 4.42. The van der Waals surface area contributed by atoms with Gasteiger partial charge >= 0.3 is 0 Å². The van der Waals surface area contributed by atoms with Crippen LogP contribution in [0.1, 0.15) is 39.3 Å². The van der Waals surface area contributed by atoms with Gasteiger partial charge in [-0.05, 0) is 49.9 Å². The van der Waals surface area contributed by atoms with Gasteiger partial charge in [-0.15, -0.1) is 11.3 Å². The van der Waals surface area contributed by atoms with Crippen LogP contribution in [0.4, 0.5) is 5.13 Å². The summed E-state index contributed by atoms with van der Waals surface area (Å²) in [5.74, 6) is -0.168. The monoisotopic (exact) mass is 391 g/mol. The maximum absolute atomic E-state index is 12.9. The summed E-state index contributed by atoms with van der Waals surface area (Å²) >= 11 is 3.01. The molecular formula is C21H17N3OS2. The Morgan fingerprint density at radius 3 is 2.63 bits per heavy atom. The van der Waals surface area contributed by atoms with E-state index in [9.17, 15) is 10.1 Å². The highest BCUT2D eigenvalue weighted by Crippen LogP contribution is 2.34. The number of hydrogen-bond acceptors (Lipinski definition) is 5. The lowest BCUT2D eigenvalue weighted by molar-refractivity contribution is 0.102. The summed E-state index contributed by atoms with van der Waals surface area (Å²) in [4.78, 5) is 20.4. The van der Waals surface area contributed by atoms with Gasteiger partial charge in [-0.25, -0.2) is 4.98 Å². The molecule has 0 radical (unpaired) electrons. The minimum absolute atomic E-state index is 0.168. The fourth-order valence-corrected chi connectivity index (χ4v) is 5.15. The minimum atomic E-state index is -0.168. The number of fused-ring (bicyclic) bond motifs is 1. The van der Waals surface area contributed by atoms with Crippen LogP contribution in [0.2, 0.25) is 0 Å². The maximum atomic E-state index is 12.9. The van der Waals surface area contributed by atoms with Crippen molar-refractivity contribution in [1.29, 1.82) is 5.26 Å². The zero-order chi connectivity index (χ0) is 18.6. The molecule has 0 fully saturated rings. The van der Waals surface area contributed by atoms with Gasteiger partial charge in [-0.1, -0.05) is 36.0 Å². The third-order valence-electron chi connectivity index (χ3n) is 4.43. The van der Waals surface area contributed by atoms with E-state index in [1.807, 2.05) is 36.4 Å². The van der Waals surface area contributed by atoms with Crippen LogP contribution in [0.3, 0.4) is 0 Å². The fourth-order valence-electron chi connectivity index (χ4n) is 3.08. The van der Waals surface area contributed by atoms with Crippen LogP contribution in [-0.4, -0.2) is 10.9 Å². The second kappa shape index (κ2) is 7.95. The molecule has 1 heterocycles. The molecule has 2 aromatic carbocycles. The van der Waals surface area contributed by atoms with E-state index in [4.69, 9.17) is 0 Å². The van der Waals surface area contributed by atoms with Crippen molar-refractivity contribution < 1.29 is 4.79 Å². The number of rotatable bonds is 4. The number of carbonyl (C=O) groups excluding carboxylic acids is 1. The third kappa shape index (κ3) is 3.90. The van der Waals surface area contributed by atoms with Crippen LogP contribution in [0.5, 0.6) is 0 Å². The standard InChI is InChI=1S/C21H17N3OS2/c22-13-14-7-1-4-10-17(14)26-18-11-5-2-8-15(18)20(25)24-21-23-16-9-3-6-12-19(16)27-21/h1-2,4-5,7-8,10-11H,3,6,9,12H2,(H,23,24,25). The summed E-state index contributed by atoms with van der Waals surface area (Å²) in [6.45, 7) is 0. The highest BCUT2D eigenvalue weighted by atomic mass is 32.2. The summed E-state index contributed by atoms with van der Waals surface area (Å²) in [7, 11) is 0. The molecule has 27 heavy (non-hydrogen) atoms. The fraction of sp³-hybridized carbons (Fsp3) is 0.190. The Labute approximate surface area is 166 Å². The van der Waals surface area contributed by atoms with Gasteiger partial charge in [-0.2, -0.15) is 5.26 Å². The Balaban J connectivity index is 1.58. The van der Waals surface area contributed by atoms with E-state index in [1.54, 1.807) is 23.5 Å². The van der Waals surface area contributed by atoms with Crippen molar-refractivity contribution in [2.24, 2.45) is 0 Å². The molecule has 134 valence electrons. The van der Waals surface area contributed by atoms with Crippen molar-refractivity contribution in [2.75, 3.05) is 5.32 Å². The van der Waals surface area contributed by atoms with Gasteiger partial charge in [-0.3, -0.25) is 10.1 Å². The Morgan fingerprint density at radius 2 is 1.81 bits per heavy atom. The number of anilines is 1. The number of hydrogen-bond donors (Lipinski definition) is 1.